The van der Waals surface area contributed by atoms with E-state index in [1.165, 1.54) is 0 Å². The van der Waals surface area contributed by atoms with E-state index in [4.69, 9.17) is 9.72 Å². The Morgan fingerprint density at radius 1 is 1.15 bits per heavy atom. The second-order valence-corrected chi connectivity index (χ2v) is 9.31. The van der Waals surface area contributed by atoms with Gasteiger partial charge in [-0.2, -0.15) is 0 Å². The van der Waals surface area contributed by atoms with Crippen molar-refractivity contribution in [1.82, 2.24) is 14.5 Å². The number of methoxy groups -OCH3 is 1. The Bertz CT molecular complexity index is 1150. The first kappa shape index (κ1) is 23.3. The Balaban J connectivity index is 1.81. The van der Waals surface area contributed by atoms with Crippen molar-refractivity contribution in [3.8, 4) is 17.1 Å². The molecule has 0 radical (unpaired) electrons. The molecular weight excluding hydrogens is 412 g/mol. The molecule has 2 aromatic carbocycles. The number of hydrogen-bond donors (Lipinski definition) is 0. The monoisotopic (exact) mass is 448 g/mol. The molecule has 4 rings (SSSR count). The van der Waals surface area contributed by atoms with Crippen LogP contribution in [0.2, 0.25) is 0 Å². The summed E-state index contributed by atoms with van der Waals surface area (Å²) in [5, 5.41) is 0.690. The van der Waals surface area contributed by atoms with Gasteiger partial charge in [-0.15, -0.1) is 0 Å². The van der Waals surface area contributed by atoms with Crippen LogP contribution < -0.4 is 15.2 Å². The number of unbranched alkanes of at least 4 members (excludes halogenated alkanes) is 1. The molecule has 0 aliphatic carbocycles. The Kier molecular flexibility index (Phi) is 7.33. The summed E-state index contributed by atoms with van der Waals surface area (Å²) in [6, 6.07) is 13.9. The molecule has 2 heterocycles. The van der Waals surface area contributed by atoms with E-state index in [0.29, 0.717) is 17.8 Å². The van der Waals surface area contributed by atoms with Crippen molar-refractivity contribution in [2.75, 3.05) is 45.7 Å². The Hall–Kier alpha value is -2.86. The van der Waals surface area contributed by atoms with E-state index in [1.54, 1.807) is 7.11 Å². The van der Waals surface area contributed by atoms with Gasteiger partial charge in [0.1, 0.15) is 11.6 Å². The summed E-state index contributed by atoms with van der Waals surface area (Å²) in [5.41, 5.74) is 2.76. The van der Waals surface area contributed by atoms with Crippen molar-refractivity contribution in [3.63, 3.8) is 0 Å². The maximum absolute atomic E-state index is 13.9. The minimum Gasteiger partial charge on any atom is -0.497 e. The number of likely N-dealkylation sites (tertiary alicyclic amines) is 1. The van der Waals surface area contributed by atoms with Crippen LogP contribution in [0.5, 0.6) is 5.75 Å². The molecule has 1 aromatic heterocycles. The summed E-state index contributed by atoms with van der Waals surface area (Å²) in [5.74, 6) is 1.95. The quantitative estimate of drug-likeness (QED) is 0.502. The molecule has 0 N–H and O–H groups in total. The van der Waals surface area contributed by atoms with Crippen molar-refractivity contribution in [1.29, 1.82) is 0 Å². The van der Waals surface area contributed by atoms with Crippen LogP contribution in [0.3, 0.4) is 0 Å². The number of rotatable bonds is 8. The molecule has 6 nitrogen and oxygen atoms in total. The predicted octanol–water partition coefficient (Wildman–Crippen LogP) is 4.65. The van der Waals surface area contributed by atoms with Crippen LogP contribution in [0.1, 0.15) is 32.6 Å². The fourth-order valence-corrected chi connectivity index (χ4v) is 4.63. The summed E-state index contributed by atoms with van der Waals surface area (Å²) in [6.07, 6.45) is 4.46. The first-order valence-corrected chi connectivity index (χ1v) is 12.1. The predicted molar refractivity (Wildman–Crippen MR) is 136 cm³/mol. The van der Waals surface area contributed by atoms with Gasteiger partial charge in [0.25, 0.3) is 5.56 Å². The zero-order valence-corrected chi connectivity index (χ0v) is 20.4. The number of anilines is 1. The largest absolute Gasteiger partial charge is 0.497 e. The summed E-state index contributed by atoms with van der Waals surface area (Å²) in [7, 11) is 5.92. The lowest BCUT2D eigenvalue weighted by molar-refractivity contribution is 0.204. The number of fused-ring (bicyclic) bond motifs is 1. The first-order chi connectivity index (χ1) is 16.0. The molecule has 3 aromatic rings. The number of benzene rings is 2. The Labute approximate surface area is 196 Å². The van der Waals surface area contributed by atoms with Gasteiger partial charge in [0, 0.05) is 31.4 Å². The van der Waals surface area contributed by atoms with Crippen LogP contribution >= 0.6 is 0 Å². The number of piperidine rings is 1. The normalized spacial score (nSPS) is 15.2. The van der Waals surface area contributed by atoms with E-state index in [2.05, 4.69) is 36.9 Å². The average Bonchev–Trinajstić information content (AvgIpc) is 2.85. The van der Waals surface area contributed by atoms with Crippen molar-refractivity contribution in [3.05, 3.63) is 52.8 Å². The van der Waals surface area contributed by atoms with Gasteiger partial charge in [0.05, 0.1) is 18.0 Å². The molecular formula is C27H36N4O2. The second-order valence-electron chi connectivity index (χ2n) is 9.31. The maximum atomic E-state index is 13.9. The van der Waals surface area contributed by atoms with Gasteiger partial charge in [0.2, 0.25) is 0 Å². The van der Waals surface area contributed by atoms with Crippen LogP contribution in [-0.2, 0) is 6.54 Å². The van der Waals surface area contributed by atoms with E-state index in [-0.39, 0.29) is 5.56 Å². The van der Waals surface area contributed by atoms with Crippen molar-refractivity contribution >= 4 is 16.6 Å². The van der Waals surface area contributed by atoms with Crippen LogP contribution in [0.25, 0.3) is 22.3 Å². The zero-order valence-electron chi connectivity index (χ0n) is 20.4. The standard InChI is InChI=1S/C27H36N4O2/c1-5-6-14-30(3)22-10-11-25-24(18-22)27(32)31(19-20-12-15-29(2)16-13-20)26(28-25)21-8-7-9-23(17-21)33-4/h7-11,17-18,20H,5-6,12-16,19H2,1-4H3. The first-order valence-electron chi connectivity index (χ1n) is 12.1. The molecule has 33 heavy (non-hydrogen) atoms. The van der Waals surface area contributed by atoms with Gasteiger partial charge in [-0.05, 0) is 75.6 Å². The third kappa shape index (κ3) is 5.22. The highest BCUT2D eigenvalue weighted by Gasteiger charge is 2.21. The van der Waals surface area contributed by atoms with Gasteiger partial charge >= 0.3 is 0 Å². The SMILES string of the molecule is CCCCN(C)c1ccc2nc(-c3cccc(OC)c3)n(CC3CCN(C)CC3)c(=O)c2c1. The third-order valence-electron chi connectivity index (χ3n) is 6.83. The highest BCUT2D eigenvalue weighted by atomic mass is 16.5. The molecule has 1 aliphatic rings. The summed E-state index contributed by atoms with van der Waals surface area (Å²) in [6.45, 7) is 6.00. The summed E-state index contributed by atoms with van der Waals surface area (Å²) < 4.78 is 7.35. The molecule has 176 valence electrons. The van der Waals surface area contributed by atoms with Crippen LogP contribution in [0.4, 0.5) is 5.69 Å². The van der Waals surface area contributed by atoms with E-state index >= 15 is 0 Å². The van der Waals surface area contributed by atoms with Crippen molar-refractivity contribution in [2.24, 2.45) is 5.92 Å². The summed E-state index contributed by atoms with van der Waals surface area (Å²) in [4.78, 5) is 23.5. The van der Waals surface area contributed by atoms with E-state index in [0.717, 1.165) is 73.7 Å². The summed E-state index contributed by atoms with van der Waals surface area (Å²) >= 11 is 0. The highest BCUT2D eigenvalue weighted by Crippen LogP contribution is 2.27. The number of nitrogens with zero attached hydrogens (tertiary/aromatic N) is 4. The second kappa shape index (κ2) is 10.4. The maximum Gasteiger partial charge on any atom is 0.261 e. The molecule has 0 bridgehead atoms. The topological polar surface area (TPSA) is 50.6 Å². The van der Waals surface area contributed by atoms with E-state index < -0.39 is 0 Å². The van der Waals surface area contributed by atoms with Crippen molar-refractivity contribution in [2.45, 2.75) is 39.2 Å². The number of hydrogen-bond acceptors (Lipinski definition) is 5. The zero-order chi connectivity index (χ0) is 23.4. The van der Waals surface area contributed by atoms with Gasteiger partial charge in [0.15, 0.2) is 0 Å². The lowest BCUT2D eigenvalue weighted by atomic mass is 9.97. The molecule has 0 saturated carbocycles. The number of ether oxygens (including phenoxy) is 1. The smallest absolute Gasteiger partial charge is 0.261 e. The van der Waals surface area contributed by atoms with Gasteiger partial charge < -0.3 is 14.5 Å². The molecule has 1 saturated heterocycles. The van der Waals surface area contributed by atoms with E-state index in [9.17, 15) is 4.79 Å². The molecule has 1 aliphatic heterocycles. The van der Waals surface area contributed by atoms with Crippen molar-refractivity contribution < 1.29 is 4.74 Å². The fraction of sp³-hybridized carbons (Fsp3) is 0.481. The van der Waals surface area contributed by atoms with E-state index in [1.807, 2.05) is 41.0 Å². The molecule has 0 spiro atoms. The van der Waals surface area contributed by atoms with Gasteiger partial charge in [-0.3, -0.25) is 9.36 Å². The van der Waals surface area contributed by atoms with Crippen LogP contribution in [-0.4, -0.2) is 55.3 Å². The average molecular weight is 449 g/mol. The Morgan fingerprint density at radius 2 is 1.94 bits per heavy atom. The molecule has 0 atom stereocenters. The third-order valence-corrected chi connectivity index (χ3v) is 6.83. The Morgan fingerprint density at radius 3 is 2.67 bits per heavy atom. The minimum atomic E-state index is 0.0440. The van der Waals surface area contributed by atoms with Crippen LogP contribution in [0.15, 0.2) is 47.3 Å². The van der Waals surface area contributed by atoms with Gasteiger partial charge in [-0.25, -0.2) is 4.98 Å². The molecule has 1 fully saturated rings. The highest BCUT2D eigenvalue weighted by molar-refractivity contribution is 5.83. The molecule has 0 amide bonds. The fourth-order valence-electron chi connectivity index (χ4n) is 4.63. The lowest BCUT2D eigenvalue weighted by Crippen LogP contribution is -2.34. The number of aromatic nitrogens is 2. The van der Waals surface area contributed by atoms with Gasteiger partial charge in [-0.1, -0.05) is 25.5 Å². The van der Waals surface area contributed by atoms with Crippen LogP contribution in [0, 0.1) is 5.92 Å². The lowest BCUT2D eigenvalue weighted by Gasteiger charge is -2.30. The molecule has 6 heteroatoms. The molecule has 0 unspecified atom stereocenters. The minimum absolute atomic E-state index is 0.0440.